The highest BCUT2D eigenvalue weighted by molar-refractivity contribution is 7.27. The minimum atomic E-state index is -0.932. The fourth-order valence-electron chi connectivity index (χ4n) is 3.52. The van der Waals surface area contributed by atoms with Gasteiger partial charge >= 0.3 is 11.9 Å². The lowest BCUT2D eigenvalue weighted by atomic mass is 10.1. The molecule has 4 rings (SSSR count). The van der Waals surface area contributed by atoms with E-state index in [0.717, 1.165) is 34.8 Å². The van der Waals surface area contributed by atoms with Gasteiger partial charge < -0.3 is 20.9 Å². The van der Waals surface area contributed by atoms with Gasteiger partial charge in [0.25, 0.3) is 0 Å². The minimum Gasteiger partial charge on any atom is -0.481 e. The van der Waals surface area contributed by atoms with Crippen LogP contribution >= 0.6 is 34.0 Å². The fraction of sp³-hybridized carbons (Fsp3) is 0.125. The van der Waals surface area contributed by atoms with Crippen LogP contribution in [0.4, 0.5) is 0 Å². The molecule has 0 atom stereocenters. The van der Waals surface area contributed by atoms with Gasteiger partial charge in [-0.15, -0.1) is 34.0 Å². The van der Waals surface area contributed by atoms with Crippen LogP contribution in [0.3, 0.4) is 0 Å². The van der Waals surface area contributed by atoms with Gasteiger partial charge in [0, 0.05) is 72.3 Å². The Hall–Kier alpha value is -3.67. The van der Waals surface area contributed by atoms with Crippen LogP contribution in [0, 0.1) is 5.41 Å². The van der Waals surface area contributed by atoms with Gasteiger partial charge in [-0.25, -0.2) is 9.97 Å². The topological polar surface area (TPSA) is 136 Å². The molecule has 0 fully saturated rings. The standard InChI is InChI=1S/C24H20N4O4S3/c1-26-9-15(8-25)23-13(6-21(29)30)4-19(34-23)17-2-3-18(33-17)20-5-14(7-22(31)32)24(35-20)16-10-27-12-28-11-16/h2-5,8-12,25-26H,6-7H2,1H3,(H,29,30)(H,31,32)/b15-9+,25-8?. The molecule has 0 aromatic carbocycles. The maximum Gasteiger partial charge on any atom is 0.307 e. The first-order valence-electron chi connectivity index (χ1n) is 10.3. The van der Waals surface area contributed by atoms with E-state index in [1.54, 1.807) is 37.0 Å². The summed E-state index contributed by atoms with van der Waals surface area (Å²) in [5, 5.41) is 29.4. The number of rotatable bonds is 10. The Morgan fingerprint density at radius 3 is 2.14 bits per heavy atom. The van der Waals surface area contributed by atoms with Crippen molar-refractivity contribution in [2.45, 2.75) is 12.8 Å². The molecule has 4 aromatic rings. The summed E-state index contributed by atoms with van der Waals surface area (Å²) in [5.41, 5.74) is 2.75. The van der Waals surface area contributed by atoms with Crippen molar-refractivity contribution in [1.82, 2.24) is 15.3 Å². The van der Waals surface area contributed by atoms with E-state index in [1.165, 1.54) is 35.2 Å². The number of allylic oxidation sites excluding steroid dienone is 1. The molecule has 0 aliphatic heterocycles. The number of aliphatic carboxylic acids is 2. The molecule has 8 nitrogen and oxygen atoms in total. The molecule has 0 aliphatic rings. The lowest BCUT2D eigenvalue weighted by Gasteiger charge is -2.01. The lowest BCUT2D eigenvalue weighted by molar-refractivity contribution is -0.137. The molecule has 11 heteroatoms. The summed E-state index contributed by atoms with van der Waals surface area (Å²) in [6, 6.07) is 7.73. The van der Waals surface area contributed by atoms with E-state index >= 15 is 0 Å². The molecule has 178 valence electrons. The van der Waals surface area contributed by atoms with Gasteiger partial charge in [-0.2, -0.15) is 0 Å². The molecular weight excluding hydrogens is 504 g/mol. The minimum absolute atomic E-state index is 0.101. The summed E-state index contributed by atoms with van der Waals surface area (Å²) in [5.74, 6) is -1.84. The van der Waals surface area contributed by atoms with Crippen molar-refractivity contribution in [2.24, 2.45) is 0 Å². The van der Waals surface area contributed by atoms with Crippen molar-refractivity contribution in [3.05, 3.63) is 65.2 Å². The third-order valence-corrected chi connectivity index (χ3v) is 8.86. The molecule has 0 bridgehead atoms. The average Bonchev–Trinajstić information content (AvgIpc) is 3.56. The number of carboxylic acids is 2. The summed E-state index contributed by atoms with van der Waals surface area (Å²) in [6.07, 6.45) is 7.43. The smallest absolute Gasteiger partial charge is 0.307 e. The fourth-order valence-corrected chi connectivity index (χ4v) is 7.02. The quantitative estimate of drug-likeness (QED) is 0.211. The maximum atomic E-state index is 11.4. The first-order valence-corrected chi connectivity index (χ1v) is 12.8. The van der Waals surface area contributed by atoms with Gasteiger partial charge in [0.1, 0.15) is 6.33 Å². The molecule has 0 amide bonds. The number of hydrogen-bond acceptors (Lipinski definition) is 9. The Morgan fingerprint density at radius 2 is 1.54 bits per heavy atom. The third kappa shape index (κ3) is 5.53. The highest BCUT2D eigenvalue weighted by Crippen LogP contribution is 2.44. The summed E-state index contributed by atoms with van der Waals surface area (Å²) in [6.45, 7) is 0. The van der Waals surface area contributed by atoms with E-state index in [9.17, 15) is 19.8 Å². The van der Waals surface area contributed by atoms with Crippen LogP contribution in [0.25, 0.3) is 35.5 Å². The molecule has 0 saturated heterocycles. The Labute approximate surface area is 212 Å². The van der Waals surface area contributed by atoms with Crippen LogP contribution in [0.2, 0.25) is 0 Å². The highest BCUT2D eigenvalue weighted by Gasteiger charge is 2.19. The van der Waals surface area contributed by atoms with Crippen LogP contribution in [0.5, 0.6) is 0 Å². The second-order valence-electron chi connectivity index (χ2n) is 7.39. The van der Waals surface area contributed by atoms with Crippen LogP contribution in [-0.4, -0.2) is 45.4 Å². The predicted molar refractivity (Wildman–Crippen MR) is 140 cm³/mol. The van der Waals surface area contributed by atoms with E-state index in [0.29, 0.717) is 16.7 Å². The van der Waals surface area contributed by atoms with Crippen molar-refractivity contribution in [3.8, 4) is 29.9 Å². The number of carbonyl (C=O) groups is 2. The number of hydrogen-bond donors (Lipinski definition) is 4. The predicted octanol–water partition coefficient (Wildman–Crippen LogP) is 5.13. The largest absolute Gasteiger partial charge is 0.481 e. The van der Waals surface area contributed by atoms with Gasteiger partial charge in [0.05, 0.1) is 12.8 Å². The summed E-state index contributed by atoms with van der Waals surface area (Å²) >= 11 is 4.49. The maximum absolute atomic E-state index is 11.4. The Bertz CT molecular complexity index is 1420. The van der Waals surface area contributed by atoms with Gasteiger partial charge in [-0.1, -0.05) is 0 Å². The molecule has 0 radical (unpaired) electrons. The monoisotopic (exact) mass is 524 g/mol. The van der Waals surface area contributed by atoms with Crippen LogP contribution < -0.4 is 5.32 Å². The molecule has 0 saturated carbocycles. The van der Waals surface area contributed by atoms with Gasteiger partial charge in [-0.05, 0) is 35.4 Å². The second-order valence-corrected chi connectivity index (χ2v) is 10.6. The number of nitrogens with zero attached hydrogens (tertiary/aromatic N) is 2. The summed E-state index contributed by atoms with van der Waals surface area (Å²) in [7, 11) is 1.73. The summed E-state index contributed by atoms with van der Waals surface area (Å²) < 4.78 is 0. The molecule has 35 heavy (non-hydrogen) atoms. The van der Waals surface area contributed by atoms with E-state index in [4.69, 9.17) is 5.41 Å². The molecule has 0 spiro atoms. The number of thiophene rings is 3. The second kappa shape index (κ2) is 10.7. The van der Waals surface area contributed by atoms with Gasteiger partial charge in [0.2, 0.25) is 0 Å². The van der Waals surface area contributed by atoms with Crippen molar-refractivity contribution >= 4 is 57.7 Å². The molecule has 0 unspecified atom stereocenters. The first kappa shape index (κ1) is 24.5. The molecule has 4 N–H and O–H groups in total. The average molecular weight is 525 g/mol. The molecule has 4 aromatic heterocycles. The Balaban J connectivity index is 1.73. The third-order valence-electron chi connectivity index (χ3n) is 4.93. The van der Waals surface area contributed by atoms with E-state index in [-0.39, 0.29) is 12.8 Å². The van der Waals surface area contributed by atoms with Crippen molar-refractivity contribution in [3.63, 3.8) is 0 Å². The number of aromatic nitrogens is 2. The number of carboxylic acid groups (broad SMARTS) is 2. The normalized spacial score (nSPS) is 11.4. The SMILES string of the molecule is CN/C=C(\C=N)c1sc(-c2ccc(-c3cc(CC(=O)O)c(-c4cncnc4)s3)s2)cc1CC(=O)O. The van der Waals surface area contributed by atoms with E-state index in [1.807, 2.05) is 24.3 Å². The number of nitrogens with one attached hydrogen (secondary N) is 2. The zero-order chi connectivity index (χ0) is 24.9. The van der Waals surface area contributed by atoms with Crippen LogP contribution in [0.1, 0.15) is 16.0 Å². The summed E-state index contributed by atoms with van der Waals surface area (Å²) in [4.78, 5) is 36.3. The van der Waals surface area contributed by atoms with Gasteiger partial charge in [-0.3, -0.25) is 9.59 Å². The van der Waals surface area contributed by atoms with E-state index in [2.05, 4.69) is 15.3 Å². The Morgan fingerprint density at radius 1 is 0.943 bits per heavy atom. The molecule has 4 heterocycles. The highest BCUT2D eigenvalue weighted by atomic mass is 32.1. The lowest BCUT2D eigenvalue weighted by Crippen LogP contribution is -2.02. The zero-order valence-corrected chi connectivity index (χ0v) is 20.9. The van der Waals surface area contributed by atoms with Crippen LogP contribution in [0.15, 0.2) is 49.2 Å². The van der Waals surface area contributed by atoms with Crippen molar-refractivity contribution in [2.75, 3.05) is 7.05 Å². The molecule has 0 aliphatic carbocycles. The zero-order valence-electron chi connectivity index (χ0n) is 18.4. The van der Waals surface area contributed by atoms with E-state index < -0.39 is 11.9 Å². The van der Waals surface area contributed by atoms with Gasteiger partial charge in [0.15, 0.2) is 0 Å². The molecular formula is C24H20N4O4S3. The van der Waals surface area contributed by atoms with Crippen molar-refractivity contribution in [1.29, 1.82) is 5.41 Å². The first-order chi connectivity index (χ1) is 16.9. The van der Waals surface area contributed by atoms with Crippen molar-refractivity contribution < 1.29 is 19.8 Å². The Kier molecular flexibility index (Phi) is 7.49. The van der Waals surface area contributed by atoms with Crippen LogP contribution in [-0.2, 0) is 22.4 Å².